The summed E-state index contributed by atoms with van der Waals surface area (Å²) in [5.74, 6) is -2.81. The molecule has 0 aliphatic heterocycles. The van der Waals surface area contributed by atoms with Gasteiger partial charge in [0.15, 0.2) is 18.3 Å². The molecule has 0 radical (unpaired) electrons. The van der Waals surface area contributed by atoms with E-state index in [9.17, 15) is 24.3 Å². The van der Waals surface area contributed by atoms with Gasteiger partial charge in [0, 0.05) is 27.7 Å². The normalized spacial score (nSPS) is 16.2. The third-order valence-corrected chi connectivity index (χ3v) is 3.30. The van der Waals surface area contributed by atoms with E-state index in [1.54, 1.807) is 0 Å². The minimum absolute atomic E-state index is 0.235. The summed E-state index contributed by atoms with van der Waals surface area (Å²) in [5, 5.41) is 9.85. The molecule has 0 saturated heterocycles. The van der Waals surface area contributed by atoms with Crippen LogP contribution in [0.25, 0.3) is 0 Å². The van der Waals surface area contributed by atoms with E-state index < -0.39 is 54.4 Å². The predicted molar refractivity (Wildman–Crippen MR) is 97.9 cm³/mol. The minimum atomic E-state index is -1.33. The highest BCUT2D eigenvalue weighted by Gasteiger charge is 2.40. The molecule has 0 rings (SSSR count). The van der Waals surface area contributed by atoms with Crippen LogP contribution >= 0.6 is 0 Å². The third kappa shape index (κ3) is 10.5. The molecule has 0 aromatic heterocycles. The van der Waals surface area contributed by atoms with Gasteiger partial charge in [-0.05, 0) is 19.4 Å². The Balaban J connectivity index is 5.99. The van der Waals surface area contributed by atoms with Crippen molar-refractivity contribution >= 4 is 23.9 Å². The summed E-state index contributed by atoms with van der Waals surface area (Å²) in [6, 6.07) is 0. The highest BCUT2D eigenvalue weighted by molar-refractivity contribution is 5.69. The van der Waals surface area contributed by atoms with Crippen LogP contribution in [0.4, 0.5) is 0 Å². The Morgan fingerprint density at radius 3 is 1.71 bits per heavy atom. The van der Waals surface area contributed by atoms with Gasteiger partial charge in [-0.1, -0.05) is 12.2 Å². The van der Waals surface area contributed by atoms with Crippen LogP contribution in [0.3, 0.4) is 0 Å². The number of hydrogen-bond donors (Lipinski definition) is 1. The van der Waals surface area contributed by atoms with Crippen LogP contribution < -0.4 is 0 Å². The van der Waals surface area contributed by atoms with E-state index in [4.69, 9.17) is 18.9 Å². The first-order chi connectivity index (χ1) is 13.0. The van der Waals surface area contributed by atoms with Crippen molar-refractivity contribution in [1.82, 2.24) is 0 Å². The first-order valence-corrected chi connectivity index (χ1v) is 8.64. The molecule has 0 aliphatic carbocycles. The molecule has 0 saturated carbocycles. The molecule has 0 amide bonds. The Hall–Kier alpha value is -2.68. The first kappa shape index (κ1) is 25.3. The van der Waals surface area contributed by atoms with Gasteiger partial charge in [0.2, 0.25) is 0 Å². The fraction of sp³-hybridized carbons (Fsp3) is 0.579. The second kappa shape index (κ2) is 12.7. The van der Waals surface area contributed by atoms with Crippen molar-refractivity contribution in [3.05, 3.63) is 24.8 Å². The number of aliphatic hydroxyl groups excluding tert-OH is 1. The van der Waals surface area contributed by atoms with Gasteiger partial charge in [-0.25, -0.2) is 0 Å². The number of aliphatic hydroxyl groups is 1. The molecule has 9 nitrogen and oxygen atoms in total. The summed E-state index contributed by atoms with van der Waals surface area (Å²) in [6.45, 7) is 9.50. The predicted octanol–water partition coefficient (Wildman–Crippen LogP) is 1.23. The Bertz CT molecular complexity index is 596. The lowest BCUT2D eigenvalue weighted by atomic mass is 10.0. The van der Waals surface area contributed by atoms with E-state index >= 15 is 0 Å². The van der Waals surface area contributed by atoms with Crippen LogP contribution in [-0.4, -0.2) is 59.5 Å². The molecule has 0 unspecified atom stereocenters. The maximum absolute atomic E-state index is 11.6. The fourth-order valence-electron chi connectivity index (χ4n) is 2.36. The second-order valence-corrected chi connectivity index (χ2v) is 6.01. The van der Waals surface area contributed by atoms with Gasteiger partial charge < -0.3 is 24.1 Å². The number of rotatable bonds is 11. The topological polar surface area (TPSA) is 125 Å². The molecule has 0 bridgehead atoms. The summed E-state index contributed by atoms with van der Waals surface area (Å²) < 4.78 is 20.7. The number of ether oxygens (including phenoxy) is 4. The van der Waals surface area contributed by atoms with E-state index in [-0.39, 0.29) is 6.42 Å². The molecule has 9 heteroatoms. The number of carbonyl (C=O) groups excluding carboxylic acids is 4. The van der Waals surface area contributed by atoms with E-state index in [1.165, 1.54) is 25.2 Å². The van der Waals surface area contributed by atoms with Crippen LogP contribution in [0.5, 0.6) is 0 Å². The number of hydrogen-bond acceptors (Lipinski definition) is 9. The average molecular weight is 400 g/mol. The van der Waals surface area contributed by atoms with Crippen molar-refractivity contribution in [2.75, 3.05) is 0 Å². The van der Waals surface area contributed by atoms with Crippen LogP contribution in [-0.2, 0) is 38.1 Å². The lowest BCUT2D eigenvalue weighted by molar-refractivity contribution is -0.193. The first-order valence-electron chi connectivity index (χ1n) is 8.64. The van der Waals surface area contributed by atoms with Gasteiger partial charge in [0.05, 0.1) is 6.10 Å². The van der Waals surface area contributed by atoms with Crippen LogP contribution in [0.15, 0.2) is 24.8 Å². The van der Waals surface area contributed by atoms with E-state index in [0.29, 0.717) is 0 Å². The maximum atomic E-state index is 11.6. The van der Waals surface area contributed by atoms with Gasteiger partial charge in [-0.2, -0.15) is 0 Å². The van der Waals surface area contributed by atoms with Crippen molar-refractivity contribution in [2.24, 2.45) is 0 Å². The smallest absolute Gasteiger partial charge is 0.303 e. The van der Waals surface area contributed by atoms with Gasteiger partial charge in [0.1, 0.15) is 6.10 Å². The molecule has 0 aromatic carbocycles. The molecule has 5 atom stereocenters. The lowest BCUT2D eigenvalue weighted by Gasteiger charge is -2.33. The fourth-order valence-corrected chi connectivity index (χ4v) is 2.36. The summed E-state index contributed by atoms with van der Waals surface area (Å²) in [4.78, 5) is 46.0. The van der Waals surface area contributed by atoms with Crippen LogP contribution in [0.1, 0.15) is 41.0 Å². The van der Waals surface area contributed by atoms with Gasteiger partial charge in [-0.3, -0.25) is 19.2 Å². The number of esters is 4. The molecule has 28 heavy (non-hydrogen) atoms. The quantitative estimate of drug-likeness (QED) is 0.309. The molecule has 0 aromatic rings. The van der Waals surface area contributed by atoms with Crippen molar-refractivity contribution < 1.29 is 43.2 Å². The Labute approximate surface area is 164 Å². The molecule has 158 valence electrons. The van der Waals surface area contributed by atoms with E-state index in [0.717, 1.165) is 27.7 Å². The minimum Gasteiger partial charge on any atom is -0.459 e. The lowest BCUT2D eigenvalue weighted by Crippen LogP contribution is -2.50. The zero-order valence-electron chi connectivity index (χ0n) is 16.7. The maximum Gasteiger partial charge on any atom is 0.303 e. The summed E-state index contributed by atoms with van der Waals surface area (Å²) in [7, 11) is 0. The highest BCUT2D eigenvalue weighted by Crippen LogP contribution is 2.20. The average Bonchev–Trinajstić information content (AvgIpc) is 2.53. The van der Waals surface area contributed by atoms with Gasteiger partial charge in [0.25, 0.3) is 0 Å². The highest BCUT2D eigenvalue weighted by atomic mass is 16.6. The molecule has 0 heterocycles. The zero-order valence-corrected chi connectivity index (χ0v) is 16.7. The van der Waals surface area contributed by atoms with Gasteiger partial charge in [-0.15, -0.1) is 6.58 Å². The van der Waals surface area contributed by atoms with Crippen LogP contribution in [0.2, 0.25) is 0 Å². The second-order valence-electron chi connectivity index (χ2n) is 6.01. The molecular weight excluding hydrogens is 372 g/mol. The standard InChI is InChI=1S/C19H28O9/c1-7-8-16(24)9-10-17(26-13(4)21)19(28-15(6)23)18(27-14(5)22)11(2)25-12(3)20/h7,9-11,16-19,24H,1,8H2,2-6H3/b10-9-/t11-,16+,17-,18-,19-/m0/s1. The largest absolute Gasteiger partial charge is 0.459 e. The Kier molecular flexibility index (Phi) is 11.4. The van der Waals surface area contributed by atoms with E-state index in [2.05, 4.69) is 6.58 Å². The molecular formula is C19H28O9. The van der Waals surface area contributed by atoms with Crippen molar-refractivity contribution in [2.45, 2.75) is 71.6 Å². The summed E-state index contributed by atoms with van der Waals surface area (Å²) >= 11 is 0. The summed E-state index contributed by atoms with van der Waals surface area (Å²) in [5.41, 5.74) is 0. The SMILES string of the molecule is C=CC[C@@H](O)/C=C\[C@H](OC(C)=O)[C@H](OC(C)=O)[C@@H](OC(C)=O)[C@H](C)OC(C)=O. The van der Waals surface area contributed by atoms with Crippen molar-refractivity contribution in [3.63, 3.8) is 0 Å². The molecule has 0 fully saturated rings. The number of carbonyl (C=O) groups is 4. The zero-order chi connectivity index (χ0) is 21.9. The Morgan fingerprint density at radius 1 is 0.821 bits per heavy atom. The Morgan fingerprint density at radius 2 is 1.29 bits per heavy atom. The molecule has 0 aliphatic rings. The molecule has 1 N–H and O–H groups in total. The van der Waals surface area contributed by atoms with E-state index in [1.807, 2.05) is 0 Å². The third-order valence-electron chi connectivity index (χ3n) is 3.30. The van der Waals surface area contributed by atoms with Gasteiger partial charge >= 0.3 is 23.9 Å². The van der Waals surface area contributed by atoms with Crippen molar-refractivity contribution in [1.29, 1.82) is 0 Å². The van der Waals surface area contributed by atoms with Crippen molar-refractivity contribution in [3.8, 4) is 0 Å². The molecule has 0 spiro atoms. The summed E-state index contributed by atoms with van der Waals surface area (Å²) in [6.07, 6.45) is -1.40. The monoisotopic (exact) mass is 400 g/mol. The van der Waals surface area contributed by atoms with Crippen LogP contribution in [0, 0.1) is 0 Å².